The molecule has 2 fully saturated rings. The van der Waals surface area contributed by atoms with E-state index in [-0.39, 0.29) is 11.3 Å². The fourth-order valence-corrected chi connectivity index (χ4v) is 8.53. The van der Waals surface area contributed by atoms with Crippen LogP contribution in [0.5, 0.6) is 0 Å². The maximum atomic E-state index is 12.8. The number of nitrogens with one attached hydrogen (secondary N) is 1. The van der Waals surface area contributed by atoms with Crippen molar-refractivity contribution in [1.29, 1.82) is 0 Å². The van der Waals surface area contributed by atoms with Gasteiger partial charge in [-0.15, -0.1) is 11.3 Å². The summed E-state index contributed by atoms with van der Waals surface area (Å²) >= 11 is 8.31. The van der Waals surface area contributed by atoms with Crippen molar-refractivity contribution >= 4 is 50.8 Å². The number of anilines is 1. The number of carbonyl (C=O) groups excluding carboxylic acids is 1. The number of fused-ring (bicyclic) bond motifs is 6. The van der Waals surface area contributed by atoms with Crippen LogP contribution < -0.4 is 5.32 Å². The van der Waals surface area contributed by atoms with Gasteiger partial charge in [0.2, 0.25) is 5.91 Å². The van der Waals surface area contributed by atoms with Crippen molar-refractivity contribution in [2.75, 3.05) is 12.4 Å². The highest BCUT2D eigenvalue weighted by molar-refractivity contribution is 7.15. The second-order valence-corrected chi connectivity index (χ2v) is 12.4. The smallest absolute Gasteiger partial charge is 0.226 e. The van der Waals surface area contributed by atoms with E-state index in [0.29, 0.717) is 40.8 Å². The van der Waals surface area contributed by atoms with E-state index in [9.17, 15) is 4.79 Å². The minimum absolute atomic E-state index is 0.00989. The van der Waals surface area contributed by atoms with Crippen molar-refractivity contribution < 1.29 is 14.0 Å². The molecule has 6 rings (SSSR count). The first-order valence-corrected chi connectivity index (χ1v) is 14.0. The van der Waals surface area contributed by atoms with Gasteiger partial charge in [-0.3, -0.25) is 4.79 Å². The highest BCUT2D eigenvalue weighted by Gasteiger charge is 2.57. The number of nitrogens with zero attached hydrogens (tertiary/aromatic N) is 3. The first-order valence-electron chi connectivity index (χ1n) is 12.8. The van der Waals surface area contributed by atoms with Crippen LogP contribution in [0.15, 0.2) is 28.2 Å². The molecule has 5 atom stereocenters. The zero-order valence-corrected chi connectivity index (χ0v) is 22.4. The summed E-state index contributed by atoms with van der Waals surface area (Å²) in [6.45, 7) is 4.36. The molecule has 9 heteroatoms. The van der Waals surface area contributed by atoms with Crippen molar-refractivity contribution in [1.82, 2.24) is 9.97 Å². The summed E-state index contributed by atoms with van der Waals surface area (Å²) in [7, 11) is 1.63. The zero-order chi connectivity index (χ0) is 25.0. The molecule has 0 spiro atoms. The van der Waals surface area contributed by atoms with E-state index in [0.717, 1.165) is 59.7 Å². The van der Waals surface area contributed by atoms with Crippen molar-refractivity contribution in [3.05, 3.63) is 39.7 Å². The number of oxime groups is 1. The molecule has 7 nitrogen and oxygen atoms in total. The minimum Gasteiger partial charge on any atom is -0.442 e. The Kier molecular flexibility index (Phi) is 6.07. The van der Waals surface area contributed by atoms with Crippen molar-refractivity contribution in [3.63, 3.8) is 0 Å². The Hall–Kier alpha value is -2.45. The molecule has 2 saturated carbocycles. The highest BCUT2D eigenvalue weighted by Crippen LogP contribution is 2.63. The monoisotopic (exact) mass is 526 g/mol. The molecule has 190 valence electrons. The predicted molar refractivity (Wildman–Crippen MR) is 142 cm³/mol. The number of rotatable bonds is 5. The Balaban J connectivity index is 1.28. The fraction of sp³-hybridized carbons (Fsp3) is 0.556. The van der Waals surface area contributed by atoms with Gasteiger partial charge >= 0.3 is 0 Å². The summed E-state index contributed by atoms with van der Waals surface area (Å²) in [5.74, 6) is 1.80. The van der Waals surface area contributed by atoms with Gasteiger partial charge in [0.15, 0.2) is 17.1 Å². The molecule has 36 heavy (non-hydrogen) atoms. The summed E-state index contributed by atoms with van der Waals surface area (Å²) in [5.41, 5.74) is 5.25. The van der Waals surface area contributed by atoms with Gasteiger partial charge < -0.3 is 14.6 Å². The third kappa shape index (κ3) is 3.84. The number of thiazole rings is 1. The van der Waals surface area contributed by atoms with Crippen LogP contribution in [0.3, 0.4) is 0 Å². The Morgan fingerprint density at radius 3 is 3.03 bits per heavy atom. The second kappa shape index (κ2) is 9.14. The van der Waals surface area contributed by atoms with Crippen molar-refractivity contribution in [2.45, 2.75) is 64.7 Å². The molecule has 0 saturated heterocycles. The van der Waals surface area contributed by atoms with Gasteiger partial charge in [0, 0.05) is 22.9 Å². The molecule has 3 aromatic rings. The minimum atomic E-state index is -0.00989. The van der Waals surface area contributed by atoms with Crippen molar-refractivity contribution in [2.24, 2.45) is 28.3 Å². The average molecular weight is 527 g/mol. The molecule has 1 N–H and O–H groups in total. The van der Waals surface area contributed by atoms with Gasteiger partial charge in [0.1, 0.15) is 12.6 Å². The number of aryl methyl sites for hydroxylation is 1. The fourth-order valence-electron chi connectivity index (χ4n) is 7.50. The lowest BCUT2D eigenvalue weighted by Crippen LogP contribution is -2.44. The quantitative estimate of drug-likeness (QED) is 0.371. The molecule has 0 aliphatic heterocycles. The predicted octanol–water partition coefficient (Wildman–Crippen LogP) is 6.75. The Bertz CT molecular complexity index is 1350. The van der Waals surface area contributed by atoms with Crippen LogP contribution >= 0.6 is 22.9 Å². The number of benzene rings is 1. The SMILES string of the molecule is CO/N=C1\CC(CCC(=O)Nc2ncc(C)s2)C2C3CCc4c(cc5ncoc5c4Cl)C3CCC12C. The summed E-state index contributed by atoms with van der Waals surface area (Å²) in [6, 6.07) is 2.21. The molecule has 2 heterocycles. The van der Waals surface area contributed by atoms with Gasteiger partial charge in [-0.05, 0) is 86.3 Å². The maximum absolute atomic E-state index is 12.8. The number of hydrogen-bond donors (Lipinski definition) is 1. The molecule has 3 aliphatic rings. The normalized spacial score (nSPS) is 30.2. The molecule has 1 aromatic carbocycles. The number of aromatic nitrogens is 2. The van der Waals surface area contributed by atoms with Crippen LogP contribution in [0.4, 0.5) is 5.13 Å². The summed E-state index contributed by atoms with van der Waals surface area (Å²) in [6.07, 6.45) is 9.63. The molecule has 1 amide bonds. The van der Waals surface area contributed by atoms with E-state index >= 15 is 0 Å². The standard InChI is InChI=1S/C27H31ClN4O3S/c1-14-12-29-26(36-14)31-22(33)7-4-15-10-21(32-34-3)27(2)9-8-16-17(23(15)27)5-6-18-19(16)11-20-25(24(18)28)35-13-30-20/h11-13,15-17,23H,4-10H2,1-3H3,(H,29,31,33)/b32-21+. The molecular formula is C27H31ClN4O3S. The molecule has 2 aromatic heterocycles. The molecular weight excluding hydrogens is 496 g/mol. The topological polar surface area (TPSA) is 89.6 Å². The lowest BCUT2D eigenvalue weighted by molar-refractivity contribution is -0.116. The van der Waals surface area contributed by atoms with Crippen molar-refractivity contribution in [3.8, 4) is 0 Å². The van der Waals surface area contributed by atoms with Gasteiger partial charge in [0.05, 0.1) is 10.7 Å². The molecule has 5 unspecified atom stereocenters. The molecule has 0 radical (unpaired) electrons. The second-order valence-electron chi connectivity index (χ2n) is 10.8. The lowest BCUT2D eigenvalue weighted by Gasteiger charge is -2.50. The van der Waals surface area contributed by atoms with E-state index in [1.165, 1.54) is 28.9 Å². The largest absolute Gasteiger partial charge is 0.442 e. The first-order chi connectivity index (χ1) is 17.4. The van der Waals surface area contributed by atoms with Gasteiger partial charge in [0.25, 0.3) is 0 Å². The van der Waals surface area contributed by atoms with Crippen LogP contribution in [-0.2, 0) is 16.1 Å². The lowest BCUT2D eigenvalue weighted by atomic mass is 9.54. The zero-order valence-electron chi connectivity index (χ0n) is 20.8. The number of carbonyl (C=O) groups is 1. The number of oxazole rings is 1. The Labute approximate surface area is 219 Å². The Morgan fingerprint density at radius 2 is 2.25 bits per heavy atom. The average Bonchev–Trinajstić information content (AvgIpc) is 3.56. The molecule has 0 bridgehead atoms. The Morgan fingerprint density at radius 1 is 1.39 bits per heavy atom. The number of amides is 1. The molecule has 3 aliphatic carbocycles. The number of hydrogen-bond acceptors (Lipinski definition) is 7. The van der Waals surface area contributed by atoms with Crippen LogP contribution in [0.25, 0.3) is 11.1 Å². The van der Waals surface area contributed by atoms with Crippen LogP contribution in [0, 0.1) is 30.1 Å². The van der Waals surface area contributed by atoms with Gasteiger partial charge in [-0.25, -0.2) is 9.97 Å². The summed E-state index contributed by atoms with van der Waals surface area (Å²) in [4.78, 5) is 27.9. The van der Waals surface area contributed by atoms with E-state index in [1.54, 1.807) is 13.3 Å². The van der Waals surface area contributed by atoms with E-state index < -0.39 is 0 Å². The highest BCUT2D eigenvalue weighted by atomic mass is 35.5. The first kappa shape index (κ1) is 23.9. The van der Waals surface area contributed by atoms with Crippen LogP contribution in [0.2, 0.25) is 5.02 Å². The third-order valence-corrected chi connectivity index (χ3v) is 10.2. The summed E-state index contributed by atoms with van der Waals surface area (Å²) in [5, 5.41) is 8.90. The maximum Gasteiger partial charge on any atom is 0.226 e. The van der Waals surface area contributed by atoms with Gasteiger partial charge in [-0.1, -0.05) is 23.7 Å². The van der Waals surface area contributed by atoms with Crippen LogP contribution in [0.1, 0.15) is 67.4 Å². The number of halogens is 1. The summed E-state index contributed by atoms with van der Waals surface area (Å²) < 4.78 is 5.58. The third-order valence-electron chi connectivity index (χ3n) is 8.95. The van der Waals surface area contributed by atoms with Crippen LogP contribution in [-0.4, -0.2) is 28.7 Å². The van der Waals surface area contributed by atoms with E-state index in [2.05, 4.69) is 33.4 Å². The van der Waals surface area contributed by atoms with Gasteiger partial charge in [-0.2, -0.15) is 0 Å². The van der Waals surface area contributed by atoms with E-state index in [1.807, 2.05) is 6.92 Å². The van der Waals surface area contributed by atoms with E-state index in [4.69, 9.17) is 20.9 Å².